The molecule has 6 nitrogen and oxygen atoms in total. The van der Waals surface area contributed by atoms with Crippen molar-refractivity contribution >= 4 is 22.5 Å². The first kappa shape index (κ1) is 19.4. The van der Waals surface area contributed by atoms with E-state index in [0.29, 0.717) is 18.6 Å². The quantitative estimate of drug-likeness (QED) is 0.694. The fraction of sp³-hybridized carbons (Fsp3) is 0.667. The van der Waals surface area contributed by atoms with E-state index in [9.17, 15) is 4.39 Å². The summed E-state index contributed by atoms with van der Waals surface area (Å²) < 4.78 is 26.5. The van der Waals surface area contributed by atoms with Gasteiger partial charge in [0, 0.05) is 30.7 Å². The first-order valence-electron chi connectivity index (χ1n) is 10.6. The minimum absolute atomic E-state index is 0.0864. The third kappa shape index (κ3) is 3.57. The van der Waals surface area contributed by atoms with Gasteiger partial charge in [-0.15, -0.1) is 0 Å². The number of aromatic nitrogens is 3. The van der Waals surface area contributed by atoms with Gasteiger partial charge in [-0.05, 0) is 58.0 Å². The molecule has 8 heteroatoms. The summed E-state index contributed by atoms with van der Waals surface area (Å²) in [6, 6.07) is 0.243. The van der Waals surface area contributed by atoms with Crippen LogP contribution in [-0.2, 0) is 4.74 Å². The topological polar surface area (TPSA) is 60.4 Å². The van der Waals surface area contributed by atoms with Crippen LogP contribution in [0.25, 0.3) is 10.9 Å². The number of pyridine rings is 1. The third-order valence-corrected chi connectivity index (χ3v) is 7.03. The summed E-state index contributed by atoms with van der Waals surface area (Å²) in [5, 5.41) is 0.446. The predicted molar refractivity (Wildman–Crippen MR) is 108 cm³/mol. The van der Waals surface area contributed by atoms with E-state index in [1.165, 1.54) is 12.8 Å². The highest BCUT2D eigenvalue weighted by Crippen LogP contribution is 2.39. The molecule has 5 rings (SSSR count). The highest BCUT2D eigenvalue weighted by atomic mass is 35.5. The first-order chi connectivity index (χ1) is 14.2. The van der Waals surface area contributed by atoms with Crippen molar-refractivity contribution in [3.05, 3.63) is 22.9 Å². The van der Waals surface area contributed by atoms with Crippen LogP contribution < -0.4 is 4.74 Å². The van der Waals surface area contributed by atoms with E-state index in [0.717, 1.165) is 57.5 Å². The van der Waals surface area contributed by atoms with Gasteiger partial charge in [0.05, 0.1) is 11.2 Å². The zero-order chi connectivity index (χ0) is 19.8. The lowest BCUT2D eigenvalue weighted by molar-refractivity contribution is 0.107. The SMILES string of the molecule is Fc1c(Cl)ncc2c(C3CCCOCC3)nc(OCC34CCCN3CCC4)nc12. The van der Waals surface area contributed by atoms with Crippen molar-refractivity contribution in [1.82, 2.24) is 19.9 Å². The molecule has 0 aromatic carbocycles. The molecular weight excluding hydrogens is 395 g/mol. The van der Waals surface area contributed by atoms with Crippen LogP contribution in [0.1, 0.15) is 56.6 Å². The van der Waals surface area contributed by atoms with E-state index in [-0.39, 0.29) is 28.1 Å². The van der Waals surface area contributed by atoms with E-state index in [4.69, 9.17) is 26.1 Å². The van der Waals surface area contributed by atoms with Crippen molar-refractivity contribution in [1.29, 1.82) is 0 Å². The summed E-state index contributed by atoms with van der Waals surface area (Å²) >= 11 is 5.94. The zero-order valence-corrected chi connectivity index (χ0v) is 17.3. The van der Waals surface area contributed by atoms with E-state index in [1.807, 2.05) is 0 Å². The maximum absolute atomic E-state index is 14.8. The first-order valence-corrected chi connectivity index (χ1v) is 11.0. The molecule has 0 saturated carbocycles. The lowest BCUT2D eigenvalue weighted by atomic mass is 9.94. The molecule has 2 aromatic heterocycles. The van der Waals surface area contributed by atoms with Gasteiger partial charge in [-0.3, -0.25) is 4.90 Å². The summed E-state index contributed by atoms with van der Waals surface area (Å²) in [5.41, 5.74) is 1.08. The monoisotopic (exact) mass is 420 g/mol. The minimum Gasteiger partial charge on any atom is -0.461 e. The molecule has 0 bridgehead atoms. The van der Waals surface area contributed by atoms with Gasteiger partial charge in [-0.25, -0.2) is 9.37 Å². The molecule has 1 unspecified atom stereocenters. The van der Waals surface area contributed by atoms with Gasteiger partial charge in [-0.2, -0.15) is 9.97 Å². The Morgan fingerprint density at radius 2 is 2.00 bits per heavy atom. The summed E-state index contributed by atoms with van der Waals surface area (Å²) in [5.74, 6) is -0.440. The van der Waals surface area contributed by atoms with E-state index in [1.54, 1.807) is 6.20 Å². The van der Waals surface area contributed by atoms with Gasteiger partial charge in [-0.1, -0.05) is 11.6 Å². The molecule has 3 aliphatic heterocycles. The molecule has 5 heterocycles. The number of ether oxygens (including phenoxy) is 2. The Kier molecular flexibility index (Phi) is 5.30. The Bertz CT molecular complexity index is 894. The van der Waals surface area contributed by atoms with Crippen LogP contribution in [0.3, 0.4) is 0 Å². The molecule has 1 atom stereocenters. The molecule has 3 fully saturated rings. The Morgan fingerprint density at radius 1 is 1.17 bits per heavy atom. The van der Waals surface area contributed by atoms with Crippen LogP contribution in [0.15, 0.2) is 6.20 Å². The van der Waals surface area contributed by atoms with Crippen LogP contribution in [0.4, 0.5) is 4.39 Å². The number of rotatable bonds is 4. The van der Waals surface area contributed by atoms with Crippen molar-refractivity contribution < 1.29 is 13.9 Å². The van der Waals surface area contributed by atoms with Gasteiger partial charge in [0.15, 0.2) is 11.0 Å². The predicted octanol–water partition coefficient (Wildman–Crippen LogP) is 4.11. The van der Waals surface area contributed by atoms with Crippen molar-refractivity contribution in [2.75, 3.05) is 32.9 Å². The Balaban J connectivity index is 1.50. The second-order valence-corrected chi connectivity index (χ2v) is 8.82. The fourth-order valence-corrected chi connectivity index (χ4v) is 5.39. The Labute approximate surface area is 174 Å². The number of hydrogen-bond acceptors (Lipinski definition) is 6. The normalized spacial score (nSPS) is 24.6. The van der Waals surface area contributed by atoms with Crippen LogP contribution in [0.5, 0.6) is 6.01 Å². The average molecular weight is 421 g/mol. The van der Waals surface area contributed by atoms with Crippen molar-refractivity contribution in [2.24, 2.45) is 0 Å². The van der Waals surface area contributed by atoms with Crippen LogP contribution in [-0.4, -0.2) is 58.3 Å². The Hall–Kier alpha value is -1.57. The number of hydrogen-bond donors (Lipinski definition) is 0. The van der Waals surface area contributed by atoms with E-state index < -0.39 is 5.82 Å². The van der Waals surface area contributed by atoms with Crippen LogP contribution in [0, 0.1) is 5.82 Å². The lowest BCUT2D eigenvalue weighted by Gasteiger charge is -2.31. The number of nitrogens with zero attached hydrogens (tertiary/aromatic N) is 4. The average Bonchev–Trinajstić information content (AvgIpc) is 3.18. The molecule has 0 spiro atoms. The third-order valence-electron chi connectivity index (χ3n) is 6.77. The van der Waals surface area contributed by atoms with Crippen molar-refractivity contribution in [3.63, 3.8) is 0 Å². The van der Waals surface area contributed by atoms with Gasteiger partial charge in [0.1, 0.15) is 12.1 Å². The van der Waals surface area contributed by atoms with E-state index >= 15 is 0 Å². The number of fused-ring (bicyclic) bond motifs is 2. The smallest absolute Gasteiger partial charge is 0.317 e. The summed E-state index contributed by atoms with van der Waals surface area (Å²) in [4.78, 5) is 15.7. The van der Waals surface area contributed by atoms with Crippen LogP contribution in [0.2, 0.25) is 5.15 Å². The summed E-state index contributed by atoms with van der Waals surface area (Å²) in [6.45, 7) is 4.23. The fourth-order valence-electron chi connectivity index (χ4n) is 5.25. The maximum Gasteiger partial charge on any atom is 0.317 e. The van der Waals surface area contributed by atoms with Gasteiger partial charge >= 0.3 is 6.01 Å². The molecule has 0 aliphatic carbocycles. The van der Waals surface area contributed by atoms with Crippen molar-refractivity contribution in [2.45, 2.75) is 56.4 Å². The van der Waals surface area contributed by atoms with Crippen molar-refractivity contribution in [3.8, 4) is 6.01 Å². The molecule has 2 aromatic rings. The molecule has 156 valence electrons. The second-order valence-electron chi connectivity index (χ2n) is 8.46. The molecule has 3 saturated heterocycles. The molecule has 29 heavy (non-hydrogen) atoms. The van der Waals surface area contributed by atoms with Crippen LogP contribution >= 0.6 is 11.6 Å². The summed E-state index contributed by atoms with van der Waals surface area (Å²) in [6.07, 6.45) is 8.99. The second kappa shape index (κ2) is 7.93. The molecular formula is C21H26ClFN4O2. The van der Waals surface area contributed by atoms with Gasteiger partial charge in [0.2, 0.25) is 0 Å². The van der Waals surface area contributed by atoms with Gasteiger partial charge < -0.3 is 9.47 Å². The highest BCUT2D eigenvalue weighted by molar-refractivity contribution is 6.30. The van der Waals surface area contributed by atoms with E-state index in [2.05, 4.69) is 14.9 Å². The lowest BCUT2D eigenvalue weighted by Crippen LogP contribution is -2.43. The van der Waals surface area contributed by atoms with Gasteiger partial charge in [0.25, 0.3) is 0 Å². The largest absolute Gasteiger partial charge is 0.461 e. The zero-order valence-electron chi connectivity index (χ0n) is 16.5. The Morgan fingerprint density at radius 3 is 2.83 bits per heavy atom. The molecule has 0 amide bonds. The summed E-state index contributed by atoms with van der Waals surface area (Å²) in [7, 11) is 0. The molecule has 0 radical (unpaired) electrons. The minimum atomic E-state index is -0.607. The standard InChI is InChI=1S/C21H26ClFN4O2/c22-19-16(23)18-15(12-24-19)17(14-4-1-10-28-11-5-14)25-20(26-18)29-13-21-6-2-8-27(21)9-3-7-21/h12,14H,1-11,13H2. The highest BCUT2D eigenvalue weighted by Gasteiger charge is 2.45. The molecule has 3 aliphatic rings. The number of halogens is 2. The molecule has 0 N–H and O–H groups in total. The maximum atomic E-state index is 14.8.